The first-order valence-corrected chi connectivity index (χ1v) is 15.5. The van der Waals surface area contributed by atoms with Gasteiger partial charge in [-0.05, 0) is 67.1 Å². The number of nitrogens with zero attached hydrogens (tertiary/aromatic N) is 4. The SMILES string of the molecule is Cc1c(N)cc(N)cc1N.Nc1cc(N)nc(N)c1.Nc1cc(N)nc(N)n1.Nc1ccc(N)c(N)c1.Nc1ccc(N)c(N)n1.Nc1cccc(N)c1N. The van der Waals surface area contributed by atoms with Gasteiger partial charge in [0.2, 0.25) is 5.95 Å². The van der Waals surface area contributed by atoms with Gasteiger partial charge in [0.25, 0.3) is 0 Å². The zero-order chi connectivity index (χ0) is 42.0. The van der Waals surface area contributed by atoms with Gasteiger partial charge in [-0.25, -0.2) is 9.97 Å². The summed E-state index contributed by atoms with van der Waals surface area (Å²) in [6.45, 7) is 1.87. The number of anilines is 18. The lowest BCUT2D eigenvalue weighted by atomic mass is 10.1. The Labute approximate surface area is 317 Å². The Bertz CT molecular complexity index is 1900. The highest BCUT2D eigenvalue weighted by molar-refractivity contribution is 5.76. The average molecular weight is 757 g/mol. The third kappa shape index (κ3) is 16.8. The Balaban J connectivity index is 0.000000330. The first kappa shape index (κ1) is 44.5. The van der Waals surface area contributed by atoms with Crippen molar-refractivity contribution in [1.29, 1.82) is 0 Å². The summed E-state index contributed by atoms with van der Waals surface area (Å²) >= 11 is 0. The van der Waals surface area contributed by atoms with E-state index in [0.29, 0.717) is 91.7 Å². The molecular formula is C33H52N22. The van der Waals surface area contributed by atoms with Gasteiger partial charge in [0.1, 0.15) is 34.9 Å². The fourth-order valence-corrected chi connectivity index (χ4v) is 3.58. The van der Waals surface area contributed by atoms with Crippen molar-refractivity contribution in [3.63, 3.8) is 0 Å². The topological polar surface area (TPSA) is 520 Å². The molecule has 0 aliphatic rings. The molecule has 0 bridgehead atoms. The smallest absolute Gasteiger partial charge is 0.223 e. The number of para-hydroxylation sites is 1. The molecule has 22 heteroatoms. The zero-order valence-corrected chi connectivity index (χ0v) is 30.2. The van der Waals surface area contributed by atoms with Crippen LogP contribution in [0.4, 0.5) is 103 Å². The zero-order valence-electron chi connectivity index (χ0n) is 30.2. The molecule has 22 nitrogen and oxygen atoms in total. The van der Waals surface area contributed by atoms with Crippen LogP contribution in [0.1, 0.15) is 5.56 Å². The van der Waals surface area contributed by atoms with Gasteiger partial charge < -0.3 is 103 Å². The standard InChI is InChI=1S/C7H11N3.2C6H9N3.2C5H8N4.C4H7N5/c1-4-6(9)2-5(8)3-7(4)10;7-4-1-2-5(8)6(9)3-4;7-4-2-1-3-5(8)6(4)9;6-3-1-4(7)9-5(8)2-3;6-3-1-2-4(7)9-5(3)8;5-2-1-3(6)9-4(7)8-2/h2-3H,8-10H2,1H3;2*1-3H,7-9H2;1-2H,(H6,6,7,8,9);1-2H,6H2,(H4,7,8,9);1H,(H6,5,6,7,8,9). The van der Waals surface area contributed by atoms with Crippen molar-refractivity contribution in [3.05, 3.63) is 84.4 Å². The highest BCUT2D eigenvalue weighted by Gasteiger charge is 1.99. The molecule has 0 radical (unpaired) electrons. The predicted molar refractivity (Wildman–Crippen MR) is 234 cm³/mol. The van der Waals surface area contributed by atoms with Gasteiger partial charge in [0, 0.05) is 46.6 Å². The second kappa shape index (κ2) is 21.0. The molecule has 3 aromatic heterocycles. The van der Waals surface area contributed by atoms with Crippen LogP contribution in [0.2, 0.25) is 0 Å². The summed E-state index contributed by atoms with van der Waals surface area (Å²) in [4.78, 5) is 14.6. The van der Waals surface area contributed by atoms with Gasteiger partial charge in [0.05, 0.1) is 34.1 Å². The maximum absolute atomic E-state index is 5.56. The first-order chi connectivity index (χ1) is 25.6. The molecule has 0 unspecified atom stereocenters. The quantitative estimate of drug-likeness (QED) is 0.0937. The Kier molecular flexibility index (Phi) is 16.9. The van der Waals surface area contributed by atoms with Gasteiger partial charge in [-0.1, -0.05) is 6.07 Å². The van der Waals surface area contributed by atoms with E-state index < -0.39 is 0 Å². The maximum atomic E-state index is 5.56. The van der Waals surface area contributed by atoms with Crippen molar-refractivity contribution >= 4 is 103 Å². The third-order valence-electron chi connectivity index (χ3n) is 6.44. The summed E-state index contributed by atoms with van der Waals surface area (Å²) in [5, 5.41) is 0. The summed E-state index contributed by atoms with van der Waals surface area (Å²) in [6.07, 6.45) is 0. The predicted octanol–water partition coefficient (Wildman–Crippen LogP) is 0.488. The monoisotopic (exact) mass is 756 g/mol. The molecule has 0 atom stereocenters. The molecule has 0 aliphatic carbocycles. The fraction of sp³-hybridized carbons (Fsp3) is 0.0303. The van der Waals surface area contributed by atoms with Crippen LogP contribution in [0.25, 0.3) is 0 Å². The van der Waals surface area contributed by atoms with Crippen LogP contribution >= 0.6 is 0 Å². The first-order valence-electron chi connectivity index (χ1n) is 15.5. The Morgan fingerprint density at radius 1 is 0.327 bits per heavy atom. The molecule has 0 fully saturated rings. The summed E-state index contributed by atoms with van der Waals surface area (Å²) < 4.78 is 0. The Hall–Kier alpha value is -8.56. The van der Waals surface area contributed by atoms with E-state index in [-0.39, 0.29) is 11.8 Å². The van der Waals surface area contributed by atoms with E-state index in [1.165, 1.54) is 6.07 Å². The minimum atomic E-state index is 0.104. The molecule has 294 valence electrons. The molecule has 3 aromatic carbocycles. The molecule has 0 saturated heterocycles. The number of rotatable bonds is 0. The molecule has 0 saturated carbocycles. The van der Waals surface area contributed by atoms with Crippen molar-refractivity contribution in [3.8, 4) is 0 Å². The second-order valence-electron chi connectivity index (χ2n) is 11.1. The maximum Gasteiger partial charge on any atom is 0.223 e. The number of pyridine rings is 2. The van der Waals surface area contributed by atoms with E-state index in [9.17, 15) is 0 Å². The fourth-order valence-electron chi connectivity index (χ4n) is 3.58. The highest BCUT2D eigenvalue weighted by Crippen LogP contribution is 2.22. The van der Waals surface area contributed by atoms with Gasteiger partial charge in [0.15, 0.2) is 0 Å². The highest BCUT2D eigenvalue weighted by atomic mass is 15.1. The molecule has 36 N–H and O–H groups in total. The van der Waals surface area contributed by atoms with E-state index in [0.717, 1.165) is 5.56 Å². The molecule has 0 spiro atoms. The number of nitrogens with two attached hydrogens (primary N) is 18. The van der Waals surface area contributed by atoms with Crippen molar-refractivity contribution in [2.24, 2.45) is 0 Å². The van der Waals surface area contributed by atoms with E-state index in [1.54, 1.807) is 72.8 Å². The number of hydrogen-bond acceptors (Lipinski definition) is 22. The number of hydrogen-bond donors (Lipinski definition) is 18. The van der Waals surface area contributed by atoms with Crippen molar-refractivity contribution in [2.75, 3.05) is 103 Å². The molecule has 3 heterocycles. The van der Waals surface area contributed by atoms with Gasteiger partial charge in [-0.2, -0.15) is 9.97 Å². The van der Waals surface area contributed by atoms with Crippen molar-refractivity contribution in [2.45, 2.75) is 6.92 Å². The van der Waals surface area contributed by atoms with Crippen LogP contribution in [-0.2, 0) is 0 Å². The van der Waals surface area contributed by atoms with Gasteiger partial charge in [-0.15, -0.1) is 0 Å². The second-order valence-corrected chi connectivity index (χ2v) is 11.1. The largest absolute Gasteiger partial charge is 0.399 e. The van der Waals surface area contributed by atoms with E-state index in [4.69, 9.17) is 103 Å². The molecule has 6 aromatic rings. The summed E-state index contributed by atoms with van der Waals surface area (Å²) in [6, 6.07) is 21.4. The normalized spacial score (nSPS) is 9.40. The third-order valence-corrected chi connectivity index (χ3v) is 6.44. The van der Waals surface area contributed by atoms with Crippen LogP contribution in [0.3, 0.4) is 0 Å². The lowest BCUT2D eigenvalue weighted by Gasteiger charge is -2.04. The Morgan fingerprint density at radius 2 is 0.764 bits per heavy atom. The minimum absolute atomic E-state index is 0.104. The van der Waals surface area contributed by atoms with Crippen LogP contribution < -0.4 is 103 Å². The summed E-state index contributed by atoms with van der Waals surface area (Å²) in [5.41, 5.74) is 104. The van der Waals surface area contributed by atoms with Crippen LogP contribution in [0.5, 0.6) is 0 Å². The molecule has 6 rings (SSSR count). The van der Waals surface area contributed by atoms with Gasteiger partial charge in [-0.3, -0.25) is 0 Å². The minimum Gasteiger partial charge on any atom is -0.399 e. The number of nitrogen functional groups attached to an aromatic ring is 18. The summed E-state index contributed by atoms with van der Waals surface area (Å²) in [5.74, 6) is 2.07. The van der Waals surface area contributed by atoms with Crippen LogP contribution in [0, 0.1) is 6.92 Å². The van der Waals surface area contributed by atoms with E-state index >= 15 is 0 Å². The lowest BCUT2D eigenvalue weighted by Crippen LogP contribution is -2.01. The molecule has 0 amide bonds. The van der Waals surface area contributed by atoms with Crippen LogP contribution in [-0.4, -0.2) is 19.9 Å². The molecular weight excluding hydrogens is 705 g/mol. The molecule has 55 heavy (non-hydrogen) atoms. The van der Waals surface area contributed by atoms with E-state index in [2.05, 4.69) is 19.9 Å². The lowest BCUT2D eigenvalue weighted by molar-refractivity contribution is 1.20. The van der Waals surface area contributed by atoms with Gasteiger partial charge >= 0.3 is 0 Å². The Morgan fingerprint density at radius 3 is 1.15 bits per heavy atom. The summed E-state index contributed by atoms with van der Waals surface area (Å²) in [7, 11) is 0. The average Bonchev–Trinajstić information content (AvgIpc) is 3.06. The van der Waals surface area contributed by atoms with Crippen molar-refractivity contribution in [1.82, 2.24) is 19.9 Å². The molecule has 0 aliphatic heterocycles. The van der Waals surface area contributed by atoms with Crippen LogP contribution in [0.15, 0.2) is 78.9 Å². The van der Waals surface area contributed by atoms with Crippen molar-refractivity contribution < 1.29 is 0 Å². The number of aromatic nitrogens is 4. The number of benzene rings is 3. The van der Waals surface area contributed by atoms with E-state index in [1.807, 2.05) is 6.92 Å².